The zero-order chi connectivity index (χ0) is 25.4. The van der Waals surface area contributed by atoms with Crippen LogP contribution in [0, 0.1) is 0 Å². The number of nitrogens with zero attached hydrogens (tertiary/aromatic N) is 1. The Morgan fingerprint density at radius 2 is 1.66 bits per heavy atom. The van der Waals surface area contributed by atoms with Gasteiger partial charge in [-0.1, -0.05) is 24.6 Å². The second kappa shape index (κ2) is 12.4. The molecule has 9 heteroatoms. The molecule has 0 aliphatic rings. The predicted molar refractivity (Wildman–Crippen MR) is 142 cm³/mol. The molecule has 0 unspecified atom stereocenters. The highest BCUT2D eigenvalue weighted by Gasteiger charge is 2.30. The van der Waals surface area contributed by atoms with Crippen LogP contribution in [0.4, 0.5) is 5.69 Å². The zero-order valence-electron chi connectivity index (χ0n) is 19.5. The summed E-state index contributed by atoms with van der Waals surface area (Å²) in [6.45, 7) is 4.66. The monoisotopic (exact) mass is 579 g/mol. The molecule has 0 aliphatic heterocycles. The summed E-state index contributed by atoms with van der Waals surface area (Å²) in [7, 11) is -4.16. The van der Waals surface area contributed by atoms with E-state index in [-0.39, 0.29) is 23.6 Å². The van der Waals surface area contributed by atoms with Gasteiger partial charge in [-0.15, -0.1) is 0 Å². The Morgan fingerprint density at radius 3 is 2.26 bits per heavy atom. The van der Waals surface area contributed by atoms with Crippen LogP contribution in [-0.2, 0) is 21.2 Å². The van der Waals surface area contributed by atoms with E-state index in [4.69, 9.17) is 21.1 Å². The Balaban J connectivity index is 1.77. The van der Waals surface area contributed by atoms with E-state index >= 15 is 0 Å². The van der Waals surface area contributed by atoms with Gasteiger partial charge in [-0.3, -0.25) is 4.79 Å². The summed E-state index contributed by atoms with van der Waals surface area (Å²) in [5.41, 5.74) is 1.41. The van der Waals surface area contributed by atoms with Crippen molar-refractivity contribution >= 4 is 49.1 Å². The summed E-state index contributed by atoms with van der Waals surface area (Å²) in [6.07, 6.45) is 1.23. The Hall–Kier alpha value is -2.55. The molecule has 6 nitrogen and oxygen atoms in total. The van der Waals surface area contributed by atoms with Crippen LogP contribution in [0.25, 0.3) is 0 Å². The summed E-state index contributed by atoms with van der Waals surface area (Å²) in [4.78, 5) is 13.2. The van der Waals surface area contributed by atoms with Crippen molar-refractivity contribution < 1.29 is 22.7 Å². The number of anilines is 1. The highest BCUT2D eigenvalue weighted by atomic mass is 79.9. The van der Waals surface area contributed by atoms with Crippen LogP contribution >= 0.6 is 27.5 Å². The summed E-state index contributed by atoms with van der Waals surface area (Å²) in [5.74, 6) is 0.695. The third-order valence-corrected chi connectivity index (χ3v) is 7.79. The molecule has 35 heavy (non-hydrogen) atoms. The lowest BCUT2D eigenvalue weighted by Gasteiger charge is -2.23. The quantitative estimate of drug-likeness (QED) is 0.238. The summed E-state index contributed by atoms with van der Waals surface area (Å²) < 4.78 is 39.8. The number of hydrogen-bond donors (Lipinski definition) is 0. The minimum Gasteiger partial charge on any atom is -0.494 e. The number of halogens is 2. The van der Waals surface area contributed by atoms with Crippen molar-refractivity contribution in [3.63, 3.8) is 0 Å². The van der Waals surface area contributed by atoms with Crippen LogP contribution in [0.5, 0.6) is 11.5 Å². The van der Waals surface area contributed by atoms with E-state index in [1.54, 1.807) is 24.3 Å². The molecular weight excluding hydrogens is 554 g/mol. The molecule has 0 radical (unpaired) electrons. The van der Waals surface area contributed by atoms with E-state index in [1.807, 2.05) is 25.1 Å². The molecule has 3 aromatic carbocycles. The number of aryl methyl sites for hydroxylation is 1. The van der Waals surface area contributed by atoms with Crippen LogP contribution in [0.15, 0.2) is 76.1 Å². The van der Waals surface area contributed by atoms with Gasteiger partial charge in [-0.05, 0) is 102 Å². The van der Waals surface area contributed by atoms with E-state index < -0.39 is 15.9 Å². The van der Waals surface area contributed by atoms with Gasteiger partial charge in [0.2, 0.25) is 5.91 Å². The van der Waals surface area contributed by atoms with Crippen LogP contribution in [-0.4, -0.2) is 27.5 Å². The lowest BCUT2D eigenvalue weighted by Crippen LogP contribution is -2.37. The molecule has 3 aromatic rings. The lowest BCUT2D eigenvalue weighted by molar-refractivity contribution is -0.117. The Kier molecular flexibility index (Phi) is 9.60. The Morgan fingerprint density at radius 1 is 0.971 bits per heavy atom. The number of rotatable bonds is 11. The van der Waals surface area contributed by atoms with Crippen molar-refractivity contribution in [3.8, 4) is 11.5 Å². The van der Waals surface area contributed by atoms with E-state index in [2.05, 4.69) is 22.9 Å². The van der Waals surface area contributed by atoms with Gasteiger partial charge in [0, 0.05) is 11.4 Å². The number of carbonyl (C=O) groups excluding carboxylic acids is 1. The van der Waals surface area contributed by atoms with Gasteiger partial charge in [-0.25, -0.2) is 12.7 Å². The molecule has 0 saturated carbocycles. The van der Waals surface area contributed by atoms with Gasteiger partial charge in [-0.2, -0.15) is 0 Å². The van der Waals surface area contributed by atoms with Crippen molar-refractivity contribution in [1.82, 2.24) is 0 Å². The van der Waals surface area contributed by atoms with Crippen molar-refractivity contribution in [2.45, 2.75) is 38.0 Å². The average Bonchev–Trinajstić information content (AvgIpc) is 2.84. The molecule has 0 N–H and O–H groups in total. The Labute approximate surface area is 220 Å². The van der Waals surface area contributed by atoms with Crippen molar-refractivity contribution in [2.24, 2.45) is 0 Å². The first kappa shape index (κ1) is 27.0. The zero-order valence-corrected chi connectivity index (χ0v) is 22.7. The van der Waals surface area contributed by atoms with Gasteiger partial charge in [0.25, 0.3) is 10.0 Å². The Bertz CT molecular complexity index is 1250. The van der Waals surface area contributed by atoms with E-state index in [9.17, 15) is 13.2 Å². The molecule has 0 bridgehead atoms. The SMILES string of the molecule is CCOc1ccc(N(C(=O)CCCOc2ccc(CC)cc2Br)S(=O)(=O)c2ccc(Cl)cc2)cc1. The standard InChI is InChI=1S/C26H27BrClNO5S/c1-3-19-7-16-25(24(27)18-19)34-17-5-6-26(30)29(21-10-12-22(13-11-21)33-4-2)35(31,32)23-14-8-20(28)9-15-23/h7-16,18H,3-6,17H2,1-2H3. The fourth-order valence-electron chi connectivity index (χ4n) is 3.36. The topological polar surface area (TPSA) is 72.9 Å². The molecule has 0 aliphatic carbocycles. The molecule has 0 aromatic heterocycles. The largest absolute Gasteiger partial charge is 0.494 e. The normalized spacial score (nSPS) is 11.2. The minimum absolute atomic E-state index is 0.0231. The van der Waals surface area contributed by atoms with Crippen LogP contribution in [0.3, 0.4) is 0 Å². The second-order valence-corrected chi connectivity index (χ2v) is 10.7. The van der Waals surface area contributed by atoms with Crippen LogP contribution < -0.4 is 13.8 Å². The highest BCUT2D eigenvalue weighted by molar-refractivity contribution is 9.10. The second-order valence-electron chi connectivity index (χ2n) is 7.61. The molecule has 0 fully saturated rings. The molecule has 0 saturated heterocycles. The molecule has 0 heterocycles. The van der Waals surface area contributed by atoms with Crippen LogP contribution in [0.2, 0.25) is 5.02 Å². The van der Waals surface area contributed by atoms with E-state index in [1.165, 1.54) is 29.8 Å². The highest BCUT2D eigenvalue weighted by Crippen LogP contribution is 2.29. The van der Waals surface area contributed by atoms with Gasteiger partial charge < -0.3 is 9.47 Å². The first-order valence-corrected chi connectivity index (χ1v) is 13.8. The molecule has 3 rings (SSSR count). The third kappa shape index (κ3) is 6.99. The maximum absolute atomic E-state index is 13.4. The molecule has 0 atom stereocenters. The van der Waals surface area contributed by atoms with E-state index in [0.29, 0.717) is 29.5 Å². The number of ether oxygens (including phenoxy) is 2. The first-order chi connectivity index (χ1) is 16.8. The first-order valence-electron chi connectivity index (χ1n) is 11.2. The number of amides is 1. The fourth-order valence-corrected chi connectivity index (χ4v) is 5.48. The van der Waals surface area contributed by atoms with Gasteiger partial charge in [0.1, 0.15) is 11.5 Å². The van der Waals surface area contributed by atoms with Crippen molar-refractivity contribution in [1.29, 1.82) is 0 Å². The lowest BCUT2D eigenvalue weighted by atomic mass is 10.2. The third-order valence-electron chi connectivity index (χ3n) is 5.16. The average molecular weight is 581 g/mol. The van der Waals surface area contributed by atoms with Gasteiger partial charge in [0.05, 0.1) is 28.3 Å². The predicted octanol–water partition coefficient (Wildman–Crippen LogP) is 6.64. The summed E-state index contributed by atoms with van der Waals surface area (Å²) in [6, 6.07) is 18.0. The van der Waals surface area contributed by atoms with Gasteiger partial charge in [0.15, 0.2) is 0 Å². The maximum Gasteiger partial charge on any atom is 0.270 e. The summed E-state index contributed by atoms with van der Waals surface area (Å²) >= 11 is 9.42. The number of sulfonamides is 1. The molecule has 0 spiro atoms. The molecule has 1 amide bonds. The smallest absolute Gasteiger partial charge is 0.270 e. The number of carbonyl (C=O) groups is 1. The maximum atomic E-state index is 13.4. The van der Waals surface area contributed by atoms with Crippen molar-refractivity contribution in [3.05, 3.63) is 81.8 Å². The summed E-state index contributed by atoms with van der Waals surface area (Å²) in [5, 5.41) is 0.401. The number of hydrogen-bond acceptors (Lipinski definition) is 5. The van der Waals surface area contributed by atoms with E-state index in [0.717, 1.165) is 15.2 Å². The molecule has 186 valence electrons. The minimum atomic E-state index is -4.16. The van der Waals surface area contributed by atoms with Gasteiger partial charge >= 0.3 is 0 Å². The molecular formula is C26H27BrClNO5S. The van der Waals surface area contributed by atoms with Crippen LogP contribution in [0.1, 0.15) is 32.3 Å². The fraction of sp³-hybridized carbons (Fsp3) is 0.269. The number of benzene rings is 3. The van der Waals surface area contributed by atoms with Crippen molar-refractivity contribution in [2.75, 3.05) is 17.5 Å².